The number of aliphatic hydroxyl groups excluding tert-OH is 1. The molecule has 0 aromatic carbocycles. The maximum Gasteiger partial charge on any atom is 0.306 e. The highest BCUT2D eigenvalue weighted by atomic mass is 16.6. The summed E-state index contributed by atoms with van der Waals surface area (Å²) in [7, 11) is 0. The number of carbonyl (C=O) groups is 2. The molecule has 0 radical (unpaired) electrons. The Morgan fingerprint density at radius 3 is 0.652 bits per heavy atom. The molecule has 92 heavy (non-hydrogen) atoms. The molecular formula is C87H140O5. The number of rotatable bonds is 68. The van der Waals surface area contributed by atoms with Gasteiger partial charge in [-0.15, -0.1) is 0 Å². The van der Waals surface area contributed by atoms with Gasteiger partial charge < -0.3 is 14.6 Å². The minimum atomic E-state index is -0.786. The number of carbonyl (C=O) groups excluding carboxylic acids is 2. The van der Waals surface area contributed by atoms with E-state index in [2.05, 4.69) is 208 Å². The Balaban J connectivity index is 3.52. The second-order valence-electron chi connectivity index (χ2n) is 24.6. The summed E-state index contributed by atoms with van der Waals surface area (Å²) in [6, 6.07) is 0. The van der Waals surface area contributed by atoms with Crippen molar-refractivity contribution in [3.05, 3.63) is 194 Å². The Bertz CT molecular complexity index is 2070. The van der Waals surface area contributed by atoms with Crippen LogP contribution < -0.4 is 0 Å². The minimum Gasteiger partial charge on any atom is -0.462 e. The maximum absolute atomic E-state index is 12.4. The lowest BCUT2D eigenvalue weighted by molar-refractivity contribution is -0.161. The minimum absolute atomic E-state index is 0.0738. The lowest BCUT2D eigenvalue weighted by atomic mass is 10.0. The molecule has 0 rings (SSSR count). The van der Waals surface area contributed by atoms with Crippen LogP contribution in [0.15, 0.2) is 194 Å². The summed E-state index contributed by atoms with van der Waals surface area (Å²) in [5.41, 5.74) is 0. The summed E-state index contributed by atoms with van der Waals surface area (Å²) in [5, 5.41) is 9.73. The predicted octanol–water partition coefficient (Wildman–Crippen LogP) is 27.1. The van der Waals surface area contributed by atoms with Crippen LogP contribution in [0.2, 0.25) is 0 Å². The van der Waals surface area contributed by atoms with Crippen molar-refractivity contribution < 1.29 is 24.2 Å². The normalized spacial score (nSPS) is 13.4. The Kier molecular flexibility index (Phi) is 75.4. The third kappa shape index (κ3) is 77.2. The van der Waals surface area contributed by atoms with Gasteiger partial charge >= 0.3 is 11.9 Å². The highest BCUT2D eigenvalue weighted by Gasteiger charge is 2.16. The van der Waals surface area contributed by atoms with Crippen LogP contribution in [-0.2, 0) is 19.1 Å². The van der Waals surface area contributed by atoms with Crippen LogP contribution in [0.25, 0.3) is 0 Å². The van der Waals surface area contributed by atoms with Crippen LogP contribution in [0.4, 0.5) is 0 Å². The zero-order valence-electron chi connectivity index (χ0n) is 59.5. The van der Waals surface area contributed by atoms with Crippen molar-refractivity contribution in [3.63, 3.8) is 0 Å². The van der Waals surface area contributed by atoms with Gasteiger partial charge in [-0.25, -0.2) is 0 Å². The second-order valence-corrected chi connectivity index (χ2v) is 24.6. The van der Waals surface area contributed by atoms with Gasteiger partial charge in [0.1, 0.15) is 6.61 Å². The average Bonchev–Trinajstić information content (AvgIpc) is 3.75. The number of allylic oxidation sites excluding steroid dienone is 32. The van der Waals surface area contributed by atoms with Crippen LogP contribution in [0.1, 0.15) is 322 Å². The number of unbranched alkanes of at least 4 members (excludes halogenated alkanes) is 28. The van der Waals surface area contributed by atoms with E-state index in [-0.39, 0.29) is 25.2 Å². The Labute approximate surface area is 568 Å². The van der Waals surface area contributed by atoms with Gasteiger partial charge in [0.05, 0.1) is 6.61 Å². The molecule has 1 N–H and O–H groups in total. The maximum atomic E-state index is 12.4. The van der Waals surface area contributed by atoms with Gasteiger partial charge in [-0.2, -0.15) is 0 Å². The smallest absolute Gasteiger partial charge is 0.306 e. The first kappa shape index (κ1) is 86.7. The number of esters is 2. The van der Waals surface area contributed by atoms with Crippen LogP contribution in [-0.4, -0.2) is 36.4 Å². The van der Waals surface area contributed by atoms with Gasteiger partial charge in [-0.05, 0) is 141 Å². The number of hydrogen-bond acceptors (Lipinski definition) is 5. The van der Waals surface area contributed by atoms with Crippen molar-refractivity contribution in [2.45, 2.75) is 328 Å². The topological polar surface area (TPSA) is 72.8 Å². The molecule has 5 heteroatoms. The van der Waals surface area contributed by atoms with E-state index in [1.807, 2.05) is 0 Å². The first-order valence-corrected chi connectivity index (χ1v) is 38.0. The average molecular weight is 1270 g/mol. The fourth-order valence-electron chi connectivity index (χ4n) is 10.3. The van der Waals surface area contributed by atoms with Crippen molar-refractivity contribution in [1.29, 1.82) is 0 Å². The predicted molar refractivity (Wildman–Crippen MR) is 407 cm³/mol. The van der Waals surface area contributed by atoms with E-state index in [0.29, 0.717) is 12.8 Å². The zero-order chi connectivity index (χ0) is 66.1. The summed E-state index contributed by atoms with van der Waals surface area (Å²) in [5.74, 6) is -0.593. The molecule has 0 fully saturated rings. The van der Waals surface area contributed by atoms with E-state index in [1.54, 1.807) is 0 Å². The van der Waals surface area contributed by atoms with Gasteiger partial charge in [0.2, 0.25) is 0 Å². The van der Waals surface area contributed by atoms with Gasteiger partial charge in [-0.3, -0.25) is 9.59 Å². The number of aliphatic hydroxyl groups is 1. The largest absolute Gasteiger partial charge is 0.462 e. The molecule has 0 aliphatic carbocycles. The molecule has 0 heterocycles. The van der Waals surface area contributed by atoms with Crippen molar-refractivity contribution in [2.75, 3.05) is 13.2 Å². The molecule has 0 saturated carbocycles. The molecule has 518 valence electrons. The molecule has 1 unspecified atom stereocenters. The van der Waals surface area contributed by atoms with E-state index in [1.165, 1.54) is 154 Å². The standard InChI is InChI=1S/C87H140O5/c1-3-5-7-9-11-13-15-17-19-21-23-25-27-29-31-33-35-37-39-41-43-45-47-49-51-53-55-57-59-61-63-65-67-69-71-73-75-77-79-81-86(89)91-84-85(83-88)92-87(90)82-80-78-76-74-72-70-68-66-64-62-60-58-56-54-52-50-48-46-44-42-40-38-36-34-32-30-28-26-24-22-20-18-16-14-12-10-8-6-4-2/h5-8,11-14,17-20,23-26,29-32,35-38,41-44,47-50,85,88H,3-4,9-10,15-16,21-22,27-28,33-34,39-40,45-46,51-84H2,1-2H3/b7-5-,8-6-,13-11-,14-12-,19-17-,20-18-,25-23-,26-24-,31-29-,32-30-,37-35-,38-36-,43-41-,44-42-,49-47-,50-48-. The molecule has 0 saturated heterocycles. The fourth-order valence-corrected chi connectivity index (χ4v) is 10.3. The molecule has 1 atom stereocenters. The number of ether oxygens (including phenoxy) is 2. The van der Waals surface area contributed by atoms with E-state index >= 15 is 0 Å². The second kappa shape index (κ2) is 80.0. The van der Waals surface area contributed by atoms with Crippen LogP contribution in [0, 0.1) is 0 Å². The summed E-state index contributed by atoms with van der Waals surface area (Å²) < 4.78 is 10.8. The first-order chi connectivity index (χ1) is 45.6. The molecule has 0 aromatic heterocycles. The third-order valence-corrected chi connectivity index (χ3v) is 15.9. The lowest BCUT2D eigenvalue weighted by Gasteiger charge is -2.15. The van der Waals surface area contributed by atoms with E-state index < -0.39 is 6.10 Å². The van der Waals surface area contributed by atoms with E-state index in [4.69, 9.17) is 9.47 Å². The first-order valence-electron chi connectivity index (χ1n) is 38.0. The Hall–Kier alpha value is -5.26. The molecule has 0 bridgehead atoms. The molecule has 0 aliphatic rings. The highest BCUT2D eigenvalue weighted by Crippen LogP contribution is 2.17. The molecule has 5 nitrogen and oxygen atoms in total. The Morgan fingerprint density at radius 1 is 0.250 bits per heavy atom. The van der Waals surface area contributed by atoms with E-state index in [0.717, 1.165) is 141 Å². The van der Waals surface area contributed by atoms with Crippen LogP contribution in [0.3, 0.4) is 0 Å². The van der Waals surface area contributed by atoms with Crippen molar-refractivity contribution in [3.8, 4) is 0 Å². The highest BCUT2D eigenvalue weighted by molar-refractivity contribution is 5.70. The van der Waals surface area contributed by atoms with Gasteiger partial charge in [-0.1, -0.05) is 362 Å². The Morgan fingerprint density at radius 2 is 0.435 bits per heavy atom. The van der Waals surface area contributed by atoms with E-state index in [9.17, 15) is 14.7 Å². The summed E-state index contributed by atoms with van der Waals surface area (Å²) in [6.45, 7) is 3.92. The molecular weight excluding hydrogens is 1120 g/mol. The fraction of sp³-hybridized carbons (Fsp3) is 0.609. The van der Waals surface area contributed by atoms with Gasteiger partial charge in [0.15, 0.2) is 6.10 Å². The molecule has 0 spiro atoms. The SMILES string of the molecule is CC/C=C\C/C=C\C/C=C\C/C=C\C/C=C\C/C=C\C/C=C\C/C=C\CCCCCCCCCCCCCCCCC(=O)OCC(CO)OC(=O)CCCCCCCCCCCCCCCC/C=C\C/C=C\C/C=C\C/C=C\C/C=C\C/C=C\C/C=C\C/C=C\CC. The van der Waals surface area contributed by atoms with Crippen LogP contribution in [0.5, 0.6) is 0 Å². The molecule has 0 aliphatic heterocycles. The summed E-state index contributed by atoms with van der Waals surface area (Å²) >= 11 is 0. The summed E-state index contributed by atoms with van der Waals surface area (Å²) in [6.07, 6.45) is 126. The summed E-state index contributed by atoms with van der Waals surface area (Å²) in [4.78, 5) is 24.7. The van der Waals surface area contributed by atoms with Gasteiger partial charge in [0, 0.05) is 12.8 Å². The number of hydrogen-bond donors (Lipinski definition) is 1. The quantitative estimate of drug-likeness (QED) is 0.0373. The van der Waals surface area contributed by atoms with Crippen molar-refractivity contribution in [1.82, 2.24) is 0 Å². The van der Waals surface area contributed by atoms with Crippen molar-refractivity contribution in [2.24, 2.45) is 0 Å². The lowest BCUT2D eigenvalue weighted by Crippen LogP contribution is -2.28. The third-order valence-electron chi connectivity index (χ3n) is 15.9. The van der Waals surface area contributed by atoms with Crippen molar-refractivity contribution >= 4 is 11.9 Å². The van der Waals surface area contributed by atoms with Gasteiger partial charge in [0.25, 0.3) is 0 Å². The van der Waals surface area contributed by atoms with Crippen LogP contribution >= 0.6 is 0 Å². The zero-order valence-corrected chi connectivity index (χ0v) is 59.5. The molecule has 0 amide bonds. The molecule has 0 aromatic rings. The monoisotopic (exact) mass is 1270 g/mol.